The van der Waals surface area contributed by atoms with Crippen LogP contribution in [0.1, 0.15) is 42.6 Å². The lowest BCUT2D eigenvalue weighted by Gasteiger charge is -2.33. The highest BCUT2D eigenvalue weighted by atomic mass is 16.6. The predicted molar refractivity (Wildman–Crippen MR) is 73.0 cm³/mol. The smallest absolute Gasteiger partial charge is 0.329 e. The number of nitrogens with zero attached hydrogens (tertiary/aromatic N) is 2. The van der Waals surface area contributed by atoms with Crippen molar-refractivity contribution in [2.45, 2.75) is 37.6 Å². The number of nitro groups is 1. The first-order valence-electron chi connectivity index (χ1n) is 6.73. The summed E-state index contributed by atoms with van der Waals surface area (Å²) in [6.07, 6.45) is 3.17. The Labute approximate surface area is 120 Å². The van der Waals surface area contributed by atoms with Crippen LogP contribution in [0.2, 0.25) is 0 Å². The fraction of sp³-hybridized carbons (Fsp3) is 0.538. The second-order valence-electron chi connectivity index (χ2n) is 5.29. The number of carboxylic acid groups (broad SMARTS) is 1. The SMILES string of the molecule is Cn1c(C(=O)NC2(C(=O)O)CCCCC2)ccc1[N+](=O)[O-]. The van der Waals surface area contributed by atoms with Crippen LogP contribution in [0.25, 0.3) is 0 Å². The molecule has 0 atom stereocenters. The monoisotopic (exact) mass is 295 g/mol. The molecule has 1 aliphatic rings. The molecule has 1 aliphatic carbocycles. The van der Waals surface area contributed by atoms with E-state index >= 15 is 0 Å². The van der Waals surface area contributed by atoms with Gasteiger partial charge in [-0.1, -0.05) is 19.3 Å². The van der Waals surface area contributed by atoms with E-state index in [1.165, 1.54) is 19.2 Å². The first kappa shape index (κ1) is 15.0. The number of aliphatic carboxylic acids is 1. The van der Waals surface area contributed by atoms with Crippen LogP contribution in [0.4, 0.5) is 5.82 Å². The first-order valence-corrected chi connectivity index (χ1v) is 6.73. The highest BCUT2D eigenvalue weighted by Crippen LogP contribution is 2.29. The van der Waals surface area contributed by atoms with Gasteiger partial charge in [0.2, 0.25) is 0 Å². The number of rotatable bonds is 4. The van der Waals surface area contributed by atoms with Crippen molar-refractivity contribution in [3.05, 3.63) is 27.9 Å². The summed E-state index contributed by atoms with van der Waals surface area (Å²) < 4.78 is 1.15. The number of carboxylic acids is 1. The van der Waals surface area contributed by atoms with Gasteiger partial charge in [-0.05, 0) is 23.8 Å². The molecular weight excluding hydrogens is 278 g/mol. The minimum atomic E-state index is -1.27. The van der Waals surface area contributed by atoms with Crippen molar-refractivity contribution in [1.82, 2.24) is 9.88 Å². The maximum atomic E-state index is 12.3. The van der Waals surface area contributed by atoms with Crippen molar-refractivity contribution in [3.63, 3.8) is 0 Å². The molecule has 0 saturated heterocycles. The Hall–Kier alpha value is -2.38. The molecule has 1 fully saturated rings. The number of nitrogens with one attached hydrogen (secondary N) is 1. The predicted octanol–water partition coefficient (Wildman–Crippen LogP) is 1.45. The molecule has 1 amide bonds. The van der Waals surface area contributed by atoms with Crippen molar-refractivity contribution >= 4 is 17.7 Å². The van der Waals surface area contributed by atoms with Crippen LogP contribution >= 0.6 is 0 Å². The number of hydrogen-bond acceptors (Lipinski definition) is 4. The van der Waals surface area contributed by atoms with E-state index in [2.05, 4.69) is 5.32 Å². The molecule has 0 unspecified atom stereocenters. The van der Waals surface area contributed by atoms with Crippen molar-refractivity contribution < 1.29 is 19.6 Å². The molecule has 0 radical (unpaired) electrons. The fourth-order valence-corrected chi connectivity index (χ4v) is 2.74. The number of amides is 1. The van der Waals surface area contributed by atoms with Crippen LogP contribution in [0, 0.1) is 10.1 Å². The summed E-state index contributed by atoms with van der Waals surface area (Å²) in [7, 11) is 1.40. The van der Waals surface area contributed by atoms with Gasteiger partial charge in [-0.3, -0.25) is 4.79 Å². The van der Waals surface area contributed by atoms with Crippen molar-refractivity contribution in [2.75, 3.05) is 0 Å². The maximum absolute atomic E-state index is 12.3. The molecule has 0 aliphatic heterocycles. The molecule has 2 N–H and O–H groups in total. The number of hydrogen-bond donors (Lipinski definition) is 2. The van der Waals surface area contributed by atoms with E-state index in [4.69, 9.17) is 0 Å². The van der Waals surface area contributed by atoms with Gasteiger partial charge in [-0.2, -0.15) is 0 Å². The highest BCUT2D eigenvalue weighted by Gasteiger charge is 2.42. The fourth-order valence-electron chi connectivity index (χ4n) is 2.74. The van der Waals surface area contributed by atoms with Gasteiger partial charge < -0.3 is 20.5 Å². The average molecular weight is 295 g/mol. The van der Waals surface area contributed by atoms with Gasteiger partial charge in [0.05, 0.1) is 7.05 Å². The zero-order valence-electron chi connectivity index (χ0n) is 11.7. The van der Waals surface area contributed by atoms with Crippen LogP contribution in [0.3, 0.4) is 0 Å². The van der Waals surface area contributed by atoms with Crippen molar-refractivity contribution in [2.24, 2.45) is 7.05 Å². The summed E-state index contributed by atoms with van der Waals surface area (Å²) in [6, 6.07) is 2.55. The lowest BCUT2D eigenvalue weighted by molar-refractivity contribution is -0.391. The molecule has 1 aromatic heterocycles. The van der Waals surface area contributed by atoms with Gasteiger partial charge in [0.25, 0.3) is 5.91 Å². The summed E-state index contributed by atoms with van der Waals surface area (Å²) in [5.74, 6) is -1.87. The minimum absolute atomic E-state index is 0.0768. The Bertz CT molecular complexity index is 587. The zero-order valence-corrected chi connectivity index (χ0v) is 11.7. The normalized spacial score (nSPS) is 17.2. The molecule has 1 heterocycles. The van der Waals surface area contributed by atoms with Crippen LogP contribution in [0.15, 0.2) is 12.1 Å². The third kappa shape index (κ3) is 2.74. The van der Waals surface area contributed by atoms with Gasteiger partial charge in [0, 0.05) is 6.07 Å². The van der Waals surface area contributed by atoms with E-state index in [0.29, 0.717) is 12.8 Å². The van der Waals surface area contributed by atoms with Gasteiger partial charge in [0.15, 0.2) is 5.69 Å². The topological polar surface area (TPSA) is 114 Å². The molecule has 1 saturated carbocycles. The number of aromatic nitrogens is 1. The van der Waals surface area contributed by atoms with Crippen LogP contribution in [-0.2, 0) is 11.8 Å². The molecule has 8 heteroatoms. The average Bonchev–Trinajstić information content (AvgIpc) is 2.81. The second-order valence-corrected chi connectivity index (χ2v) is 5.29. The van der Waals surface area contributed by atoms with E-state index in [1.807, 2.05) is 0 Å². The molecule has 0 aromatic carbocycles. The van der Waals surface area contributed by atoms with Gasteiger partial charge in [-0.15, -0.1) is 0 Å². The molecule has 8 nitrogen and oxygen atoms in total. The maximum Gasteiger partial charge on any atom is 0.329 e. The standard InChI is InChI=1S/C13H17N3O5/c1-15-9(5-6-10(15)16(20)21)11(17)14-13(12(18)19)7-3-2-4-8-13/h5-6H,2-4,7-8H2,1H3,(H,14,17)(H,18,19). The van der Waals surface area contributed by atoms with E-state index < -0.39 is 22.3 Å². The molecule has 2 rings (SSSR count). The van der Waals surface area contributed by atoms with Crippen LogP contribution in [0.5, 0.6) is 0 Å². The number of carbonyl (C=O) groups is 2. The Kier molecular flexibility index (Phi) is 3.97. The summed E-state index contributed by atoms with van der Waals surface area (Å²) in [6.45, 7) is 0. The Morgan fingerprint density at radius 1 is 1.33 bits per heavy atom. The molecule has 0 spiro atoms. The summed E-state index contributed by atoms with van der Waals surface area (Å²) in [4.78, 5) is 34.0. The minimum Gasteiger partial charge on any atom is -0.480 e. The lowest BCUT2D eigenvalue weighted by atomic mass is 9.81. The zero-order chi connectivity index (χ0) is 15.6. The summed E-state index contributed by atoms with van der Waals surface area (Å²) in [5, 5.41) is 22.8. The number of carbonyl (C=O) groups excluding carboxylic acids is 1. The van der Waals surface area contributed by atoms with Crippen LogP contribution < -0.4 is 5.32 Å². The van der Waals surface area contributed by atoms with E-state index in [1.54, 1.807) is 0 Å². The quantitative estimate of drug-likeness (QED) is 0.644. The third-order valence-electron chi connectivity index (χ3n) is 3.98. The van der Waals surface area contributed by atoms with Crippen molar-refractivity contribution in [1.29, 1.82) is 0 Å². The highest BCUT2D eigenvalue weighted by molar-refractivity contribution is 5.97. The molecular formula is C13H17N3O5. The molecule has 1 aromatic rings. The van der Waals surface area contributed by atoms with Gasteiger partial charge in [0.1, 0.15) is 5.54 Å². The Balaban J connectivity index is 2.24. The molecule has 21 heavy (non-hydrogen) atoms. The van der Waals surface area contributed by atoms with Crippen LogP contribution in [-0.4, -0.2) is 32.0 Å². The summed E-state index contributed by atoms with van der Waals surface area (Å²) in [5.41, 5.74) is -1.19. The Morgan fingerprint density at radius 2 is 1.95 bits per heavy atom. The Morgan fingerprint density at radius 3 is 2.43 bits per heavy atom. The first-order chi connectivity index (χ1) is 9.87. The lowest BCUT2D eigenvalue weighted by Crippen LogP contribution is -2.55. The molecule has 0 bridgehead atoms. The largest absolute Gasteiger partial charge is 0.480 e. The second kappa shape index (κ2) is 5.55. The van der Waals surface area contributed by atoms with Gasteiger partial charge in [-0.25, -0.2) is 9.36 Å². The van der Waals surface area contributed by atoms with E-state index in [9.17, 15) is 24.8 Å². The molecule has 114 valence electrons. The van der Waals surface area contributed by atoms with E-state index in [0.717, 1.165) is 23.8 Å². The van der Waals surface area contributed by atoms with Gasteiger partial charge >= 0.3 is 11.8 Å². The van der Waals surface area contributed by atoms with E-state index in [-0.39, 0.29) is 11.5 Å². The summed E-state index contributed by atoms with van der Waals surface area (Å²) >= 11 is 0. The third-order valence-corrected chi connectivity index (χ3v) is 3.98. The van der Waals surface area contributed by atoms with Crippen molar-refractivity contribution in [3.8, 4) is 0 Å².